The molecule has 53 heavy (non-hydrogen) atoms. The molecule has 318 valence electrons. The lowest BCUT2D eigenvalue weighted by atomic mass is 9.92. The van der Waals surface area contributed by atoms with Gasteiger partial charge in [-0.25, -0.2) is 0 Å². The fourth-order valence-electron chi connectivity index (χ4n) is 4.74. The Morgan fingerprint density at radius 1 is 1.00 bits per heavy atom. The van der Waals surface area contributed by atoms with Gasteiger partial charge in [0.2, 0.25) is 18.2 Å². The highest BCUT2D eigenvalue weighted by Crippen LogP contribution is 2.47. The average Bonchev–Trinajstić information content (AvgIpc) is 4.08. The van der Waals surface area contributed by atoms with E-state index in [0.717, 1.165) is 43.9 Å². The number of ether oxygens (including phenoxy) is 1. The van der Waals surface area contributed by atoms with Crippen LogP contribution in [0.5, 0.6) is 0 Å². The third-order valence-electron chi connectivity index (χ3n) is 9.34. The van der Waals surface area contributed by atoms with Crippen molar-refractivity contribution >= 4 is 18.2 Å². The van der Waals surface area contributed by atoms with E-state index in [0.29, 0.717) is 43.2 Å². The van der Waals surface area contributed by atoms with E-state index in [1.165, 1.54) is 25.5 Å². The van der Waals surface area contributed by atoms with Crippen LogP contribution < -0.4 is 27.4 Å². The van der Waals surface area contributed by atoms with Crippen molar-refractivity contribution in [1.82, 2.24) is 16.0 Å². The zero-order valence-electron chi connectivity index (χ0n) is 36.8. The average molecular weight is 756 g/mol. The Hall–Kier alpha value is -2.49. The van der Waals surface area contributed by atoms with E-state index in [9.17, 15) is 9.59 Å². The van der Waals surface area contributed by atoms with Gasteiger partial charge in [-0.3, -0.25) is 14.4 Å². The van der Waals surface area contributed by atoms with Crippen molar-refractivity contribution in [3.8, 4) is 0 Å². The maximum absolute atomic E-state index is 12.4. The number of nitrogens with two attached hydrogens (primary N) is 2. The van der Waals surface area contributed by atoms with Crippen LogP contribution in [0.1, 0.15) is 142 Å². The highest BCUT2D eigenvalue weighted by atomic mass is 16.5. The number of likely N-dealkylation sites (N-methyl/N-ethyl adjacent to an activating group) is 1. The molecular formula is C44H93N5O4. The van der Waals surface area contributed by atoms with Crippen LogP contribution >= 0.6 is 0 Å². The summed E-state index contributed by atoms with van der Waals surface area (Å²) in [5, 5.41) is 9.41. The summed E-state index contributed by atoms with van der Waals surface area (Å²) in [6, 6.07) is 0.167. The molecule has 9 heteroatoms. The van der Waals surface area contributed by atoms with Crippen LogP contribution in [0.3, 0.4) is 0 Å². The summed E-state index contributed by atoms with van der Waals surface area (Å²) in [5.74, 6) is 3.99. The minimum absolute atomic E-state index is 0. The van der Waals surface area contributed by atoms with Crippen LogP contribution in [0.15, 0.2) is 37.0 Å². The zero-order valence-corrected chi connectivity index (χ0v) is 36.8. The van der Waals surface area contributed by atoms with E-state index in [4.69, 9.17) is 9.53 Å². The normalized spacial score (nSPS) is 18.6. The number of hydrogen-bond acceptors (Lipinski definition) is 6. The second-order valence-electron chi connectivity index (χ2n) is 13.8. The lowest BCUT2D eigenvalue weighted by molar-refractivity contribution is -0.125. The molecule has 2 fully saturated rings. The maximum Gasteiger partial charge on any atom is 0.223 e. The molecule has 0 spiro atoms. The number of hydrogen-bond donors (Lipinski definition) is 5. The van der Waals surface area contributed by atoms with Gasteiger partial charge in [-0.2, -0.15) is 0 Å². The Balaban J connectivity index is -0.000000204. The summed E-state index contributed by atoms with van der Waals surface area (Å²) in [6.45, 7) is 34.3. The van der Waals surface area contributed by atoms with Gasteiger partial charge in [0.25, 0.3) is 0 Å². The van der Waals surface area contributed by atoms with Crippen molar-refractivity contribution in [3.05, 3.63) is 37.0 Å². The van der Waals surface area contributed by atoms with Gasteiger partial charge < -0.3 is 32.2 Å². The van der Waals surface area contributed by atoms with Crippen LogP contribution in [-0.2, 0) is 19.1 Å². The van der Waals surface area contributed by atoms with Gasteiger partial charge in [-0.15, -0.1) is 6.58 Å². The van der Waals surface area contributed by atoms with E-state index in [-0.39, 0.29) is 43.7 Å². The highest BCUT2D eigenvalue weighted by Gasteiger charge is 2.42. The first-order valence-electron chi connectivity index (χ1n) is 20.0. The van der Waals surface area contributed by atoms with Gasteiger partial charge in [-0.1, -0.05) is 120 Å². The van der Waals surface area contributed by atoms with Crippen LogP contribution in [0.4, 0.5) is 0 Å². The smallest absolute Gasteiger partial charge is 0.223 e. The van der Waals surface area contributed by atoms with E-state index in [2.05, 4.69) is 89.0 Å². The number of nitrogens with one attached hydrogen (secondary N) is 3. The van der Waals surface area contributed by atoms with Gasteiger partial charge in [0.05, 0.1) is 12.5 Å². The molecule has 2 rings (SSSR count). The van der Waals surface area contributed by atoms with E-state index in [1.54, 1.807) is 7.11 Å². The Morgan fingerprint density at radius 3 is 1.81 bits per heavy atom. The van der Waals surface area contributed by atoms with Crippen LogP contribution in [-0.4, -0.2) is 64.7 Å². The molecule has 6 unspecified atom stereocenters. The summed E-state index contributed by atoms with van der Waals surface area (Å²) in [4.78, 5) is 33.3. The molecule has 2 saturated carbocycles. The summed E-state index contributed by atoms with van der Waals surface area (Å²) >= 11 is 0. The van der Waals surface area contributed by atoms with Crippen LogP contribution in [0.2, 0.25) is 0 Å². The summed E-state index contributed by atoms with van der Waals surface area (Å²) in [6.07, 6.45) is 14.1. The zero-order chi connectivity index (χ0) is 41.7. The number of methoxy groups -OCH3 is 1. The molecule has 0 bridgehead atoms. The number of rotatable bonds is 18. The third-order valence-corrected chi connectivity index (χ3v) is 9.34. The van der Waals surface area contributed by atoms with Crippen molar-refractivity contribution in [2.45, 2.75) is 154 Å². The Morgan fingerprint density at radius 2 is 1.47 bits per heavy atom. The molecule has 9 nitrogen and oxygen atoms in total. The molecular weight excluding hydrogens is 663 g/mol. The van der Waals surface area contributed by atoms with Gasteiger partial charge in [0.1, 0.15) is 0 Å². The maximum atomic E-state index is 12.4. The molecule has 0 saturated heterocycles. The lowest BCUT2D eigenvalue weighted by Crippen LogP contribution is -2.46. The summed E-state index contributed by atoms with van der Waals surface area (Å²) in [7, 11) is 5.10. The van der Waals surface area contributed by atoms with E-state index in [1.807, 2.05) is 59.9 Å². The molecule has 0 heterocycles. The molecule has 0 aromatic rings. The number of carbonyl (C=O) groups excluding carboxylic acids is 3. The fraction of sp³-hybridized carbons (Fsp3) is 0.795. The van der Waals surface area contributed by atoms with Gasteiger partial charge in [-0.05, 0) is 95.6 Å². The molecule has 0 radical (unpaired) electrons. The first-order valence-corrected chi connectivity index (χ1v) is 20.0. The molecule has 7 N–H and O–H groups in total. The quantitative estimate of drug-likeness (QED) is 0.0536. The Kier molecular flexibility index (Phi) is 51.8. The minimum atomic E-state index is -0.124. The Bertz CT molecular complexity index is 876. The number of allylic oxidation sites excluding steroid dienone is 4. The monoisotopic (exact) mass is 756 g/mol. The molecule has 0 aliphatic heterocycles. The topological polar surface area (TPSA) is 149 Å². The fourth-order valence-corrected chi connectivity index (χ4v) is 4.74. The second kappa shape index (κ2) is 43.9. The van der Waals surface area contributed by atoms with Gasteiger partial charge in [0.15, 0.2) is 0 Å². The number of primary amides is 1. The minimum Gasteiger partial charge on any atom is -0.379 e. The van der Waals surface area contributed by atoms with Crippen molar-refractivity contribution in [1.29, 1.82) is 0 Å². The standard InChI is InChI=1S/C25H47N3O3.C5H8.C5H12.C4H8.C2H6.CH3NO.CH5N.CH4/c1-8-17(3)12-14-28-25(30)19(5)21-15-20(21)11-10-13-27-23(29)16-22(31-7)24(26-6)18(4)9-2;1-4-3-5(4)2;1-4-5(2)3;1-3-4-2;1-2;2-1-3;1-2;/h8,17-22,24,26H,1,9-16H2,2-7H3,(H,27,29)(H,28,30);5H,1,3H2,2H3;5H,4H2,1-3H3;3-4H,1-2H3;1-2H3;1H,(H2,2,3);2H2,1H3;1H4/b;;;4-3-;;;;/t17?,18?,19?,20-,21-,22?,24?;;;;;;;/m1......./s1. The largest absolute Gasteiger partial charge is 0.379 e. The SMILES string of the molecule is C.C/C=C\C.C=C1CC1C.C=CC(C)CCNC(=O)C(C)[C@H]1C[C@H]1CCCNC(=O)CC(OC)C(NC)C(C)CC.CC.CCC(C)C.CN.NC=O. The van der Waals surface area contributed by atoms with Crippen molar-refractivity contribution in [2.24, 2.45) is 52.9 Å². The molecule has 0 aromatic heterocycles. The molecule has 8 atom stereocenters. The number of amides is 3. The first-order chi connectivity index (χ1) is 24.7. The molecule has 2 aliphatic rings. The molecule has 0 aromatic carbocycles. The first kappa shape index (κ1) is 62.5. The second-order valence-corrected chi connectivity index (χ2v) is 13.8. The third kappa shape index (κ3) is 39.0. The van der Waals surface area contributed by atoms with Gasteiger partial charge in [0, 0.05) is 32.2 Å². The van der Waals surface area contributed by atoms with E-state index >= 15 is 0 Å². The molecule has 3 amide bonds. The lowest BCUT2D eigenvalue weighted by Gasteiger charge is -2.30. The summed E-state index contributed by atoms with van der Waals surface area (Å²) in [5.41, 5.74) is 10.1. The molecule has 2 aliphatic carbocycles. The summed E-state index contributed by atoms with van der Waals surface area (Å²) < 4.78 is 5.60. The van der Waals surface area contributed by atoms with Gasteiger partial charge >= 0.3 is 0 Å². The van der Waals surface area contributed by atoms with Crippen LogP contribution in [0, 0.1) is 41.4 Å². The Labute approximate surface area is 330 Å². The van der Waals surface area contributed by atoms with Crippen molar-refractivity contribution in [3.63, 3.8) is 0 Å². The van der Waals surface area contributed by atoms with Crippen molar-refractivity contribution < 1.29 is 19.1 Å². The highest BCUT2D eigenvalue weighted by molar-refractivity contribution is 5.79. The number of carbonyl (C=O) groups is 3. The predicted octanol–water partition coefficient (Wildman–Crippen LogP) is 9.08. The van der Waals surface area contributed by atoms with Crippen LogP contribution in [0.25, 0.3) is 0 Å². The van der Waals surface area contributed by atoms with E-state index < -0.39 is 0 Å². The van der Waals surface area contributed by atoms with Crippen molar-refractivity contribution in [2.75, 3.05) is 34.3 Å². The predicted molar refractivity (Wildman–Crippen MR) is 235 cm³/mol.